The van der Waals surface area contributed by atoms with Gasteiger partial charge in [0, 0.05) is 17.5 Å². The molecule has 6 heteroatoms. The molecule has 1 rings (SSSR count). The van der Waals surface area contributed by atoms with Crippen LogP contribution in [0.3, 0.4) is 0 Å². The highest BCUT2D eigenvalue weighted by Gasteiger charge is 2.04. The Labute approximate surface area is 85.2 Å². The highest BCUT2D eigenvalue weighted by molar-refractivity contribution is 7.99. The Morgan fingerprint density at radius 2 is 2.43 bits per heavy atom. The summed E-state index contributed by atoms with van der Waals surface area (Å²) < 4.78 is 0. The van der Waals surface area contributed by atoms with Gasteiger partial charge < -0.3 is 15.2 Å². The third kappa shape index (κ3) is 3.49. The number of H-pyrrole nitrogens is 1. The van der Waals surface area contributed by atoms with Crippen molar-refractivity contribution in [3.63, 3.8) is 0 Å². The molecule has 0 saturated heterocycles. The van der Waals surface area contributed by atoms with Gasteiger partial charge in [0.05, 0.1) is 12.7 Å². The molecule has 0 radical (unpaired) electrons. The van der Waals surface area contributed by atoms with Gasteiger partial charge >= 0.3 is 0 Å². The first-order valence-electron chi connectivity index (χ1n) is 4.11. The maximum absolute atomic E-state index is 11.0. The summed E-state index contributed by atoms with van der Waals surface area (Å²) in [5, 5.41) is 18.1. The Bertz CT molecular complexity index is 353. The van der Waals surface area contributed by atoms with E-state index in [0.717, 1.165) is 0 Å². The van der Waals surface area contributed by atoms with Crippen LogP contribution in [0.5, 0.6) is 0 Å². The lowest BCUT2D eigenvalue weighted by atomic mass is 10.4. The van der Waals surface area contributed by atoms with Crippen LogP contribution in [0, 0.1) is 6.92 Å². The molecule has 0 fully saturated rings. The van der Waals surface area contributed by atoms with Crippen LogP contribution in [0.15, 0.2) is 16.0 Å². The molecule has 1 aromatic rings. The lowest BCUT2D eigenvalue weighted by molar-refractivity contribution is 0.113. The number of aromatic nitrogens is 2. The Balaban J connectivity index is 2.63. The number of aryl methyl sites for hydroxylation is 1. The predicted molar refractivity (Wildman–Crippen MR) is 53.4 cm³/mol. The summed E-state index contributed by atoms with van der Waals surface area (Å²) in [7, 11) is 0. The molecule has 0 aromatic carbocycles. The van der Waals surface area contributed by atoms with Gasteiger partial charge in [0.1, 0.15) is 0 Å². The smallest absolute Gasteiger partial charge is 0.251 e. The second-order valence-electron chi connectivity index (χ2n) is 2.84. The second-order valence-corrected chi connectivity index (χ2v) is 3.85. The lowest BCUT2D eigenvalue weighted by Crippen LogP contribution is -2.16. The van der Waals surface area contributed by atoms with Crippen molar-refractivity contribution in [1.82, 2.24) is 9.97 Å². The Morgan fingerprint density at radius 1 is 1.71 bits per heavy atom. The van der Waals surface area contributed by atoms with E-state index in [2.05, 4.69) is 9.97 Å². The molecule has 1 heterocycles. The quantitative estimate of drug-likeness (QED) is 0.467. The number of aromatic amines is 1. The van der Waals surface area contributed by atoms with Crippen molar-refractivity contribution in [1.29, 1.82) is 0 Å². The topological polar surface area (TPSA) is 86.2 Å². The highest BCUT2D eigenvalue weighted by Crippen LogP contribution is 2.11. The largest absolute Gasteiger partial charge is 0.394 e. The first-order chi connectivity index (χ1) is 6.61. The summed E-state index contributed by atoms with van der Waals surface area (Å²) in [6.45, 7) is 1.44. The maximum atomic E-state index is 11.0. The molecule has 0 bridgehead atoms. The average molecular weight is 216 g/mol. The van der Waals surface area contributed by atoms with Crippen molar-refractivity contribution in [2.45, 2.75) is 18.2 Å². The summed E-state index contributed by atoms with van der Waals surface area (Å²) >= 11 is 1.20. The normalized spacial score (nSPS) is 12.8. The highest BCUT2D eigenvalue weighted by atomic mass is 32.2. The zero-order valence-electron chi connectivity index (χ0n) is 7.73. The fourth-order valence-corrected chi connectivity index (χ4v) is 1.68. The minimum Gasteiger partial charge on any atom is -0.394 e. The van der Waals surface area contributed by atoms with E-state index in [9.17, 15) is 4.79 Å². The third-order valence-corrected chi connectivity index (χ3v) is 2.49. The molecular formula is C8H12N2O3S. The molecule has 1 aromatic heterocycles. The van der Waals surface area contributed by atoms with E-state index in [-0.39, 0.29) is 12.2 Å². The molecule has 78 valence electrons. The number of hydrogen-bond donors (Lipinski definition) is 3. The van der Waals surface area contributed by atoms with E-state index in [1.807, 2.05) is 0 Å². The van der Waals surface area contributed by atoms with Gasteiger partial charge in [-0.3, -0.25) is 4.79 Å². The minimum absolute atomic E-state index is 0.210. The minimum atomic E-state index is -0.786. The Hall–Kier alpha value is -0.850. The van der Waals surface area contributed by atoms with Gasteiger partial charge in [0.2, 0.25) is 0 Å². The van der Waals surface area contributed by atoms with Crippen molar-refractivity contribution in [2.75, 3.05) is 12.4 Å². The van der Waals surface area contributed by atoms with Gasteiger partial charge in [-0.15, -0.1) is 0 Å². The van der Waals surface area contributed by atoms with Crippen LogP contribution in [0.1, 0.15) is 5.69 Å². The molecule has 14 heavy (non-hydrogen) atoms. The fraction of sp³-hybridized carbons (Fsp3) is 0.500. The Kier molecular flexibility index (Phi) is 4.12. The second kappa shape index (κ2) is 5.14. The van der Waals surface area contributed by atoms with Crippen LogP contribution >= 0.6 is 11.8 Å². The van der Waals surface area contributed by atoms with Crippen molar-refractivity contribution in [2.24, 2.45) is 0 Å². The third-order valence-electron chi connectivity index (χ3n) is 1.47. The van der Waals surface area contributed by atoms with E-state index >= 15 is 0 Å². The monoisotopic (exact) mass is 216 g/mol. The maximum Gasteiger partial charge on any atom is 0.251 e. The van der Waals surface area contributed by atoms with Crippen molar-refractivity contribution in [3.05, 3.63) is 22.1 Å². The first kappa shape index (κ1) is 11.2. The van der Waals surface area contributed by atoms with E-state index in [1.54, 1.807) is 6.92 Å². The van der Waals surface area contributed by atoms with Gasteiger partial charge in [-0.25, -0.2) is 4.98 Å². The summed E-state index contributed by atoms with van der Waals surface area (Å²) in [4.78, 5) is 17.6. The van der Waals surface area contributed by atoms with Crippen LogP contribution in [-0.2, 0) is 0 Å². The van der Waals surface area contributed by atoms with Crippen molar-refractivity contribution < 1.29 is 10.2 Å². The van der Waals surface area contributed by atoms with E-state index in [4.69, 9.17) is 10.2 Å². The molecule has 0 aliphatic rings. The number of aliphatic hydroxyl groups is 2. The molecule has 0 aliphatic carbocycles. The van der Waals surface area contributed by atoms with Crippen LogP contribution < -0.4 is 5.56 Å². The average Bonchev–Trinajstić information content (AvgIpc) is 2.12. The zero-order chi connectivity index (χ0) is 10.6. The van der Waals surface area contributed by atoms with Crippen LogP contribution in [-0.4, -0.2) is 38.6 Å². The first-order valence-corrected chi connectivity index (χ1v) is 5.10. The number of rotatable bonds is 4. The zero-order valence-corrected chi connectivity index (χ0v) is 8.54. The van der Waals surface area contributed by atoms with Gasteiger partial charge in [-0.2, -0.15) is 0 Å². The van der Waals surface area contributed by atoms with Crippen LogP contribution in [0.2, 0.25) is 0 Å². The lowest BCUT2D eigenvalue weighted by Gasteiger charge is -2.05. The fourth-order valence-electron chi connectivity index (χ4n) is 0.848. The SMILES string of the molecule is Cc1cc(=O)[nH]c(SCC(O)CO)n1. The molecule has 3 N–H and O–H groups in total. The molecule has 0 spiro atoms. The van der Waals surface area contributed by atoms with Gasteiger partial charge in [-0.05, 0) is 6.92 Å². The number of hydrogen-bond acceptors (Lipinski definition) is 5. The molecule has 5 nitrogen and oxygen atoms in total. The van der Waals surface area contributed by atoms with E-state index in [0.29, 0.717) is 16.6 Å². The molecule has 1 atom stereocenters. The number of nitrogens with zero attached hydrogens (tertiary/aromatic N) is 1. The molecule has 0 saturated carbocycles. The van der Waals surface area contributed by atoms with Gasteiger partial charge in [0.15, 0.2) is 5.16 Å². The summed E-state index contributed by atoms with van der Waals surface area (Å²) in [5.41, 5.74) is 0.424. The van der Waals surface area contributed by atoms with Crippen molar-refractivity contribution in [3.8, 4) is 0 Å². The number of nitrogens with one attached hydrogen (secondary N) is 1. The molecule has 0 aliphatic heterocycles. The van der Waals surface area contributed by atoms with Crippen LogP contribution in [0.25, 0.3) is 0 Å². The predicted octanol–water partition coefficient (Wildman–Crippen LogP) is -0.476. The van der Waals surface area contributed by atoms with E-state index in [1.165, 1.54) is 17.8 Å². The number of aliphatic hydroxyl groups excluding tert-OH is 2. The van der Waals surface area contributed by atoms with Gasteiger partial charge in [0.25, 0.3) is 5.56 Å². The summed E-state index contributed by atoms with van der Waals surface area (Å²) in [5.74, 6) is 0.308. The molecule has 1 unspecified atom stereocenters. The van der Waals surface area contributed by atoms with Gasteiger partial charge in [-0.1, -0.05) is 11.8 Å². The molecule has 0 amide bonds. The standard InChI is InChI=1S/C8H12N2O3S/c1-5-2-7(13)10-8(9-5)14-4-6(12)3-11/h2,6,11-12H,3-4H2,1H3,(H,9,10,13). The van der Waals surface area contributed by atoms with Crippen molar-refractivity contribution >= 4 is 11.8 Å². The Morgan fingerprint density at radius 3 is 3.00 bits per heavy atom. The molecular weight excluding hydrogens is 204 g/mol. The van der Waals surface area contributed by atoms with Crippen LogP contribution in [0.4, 0.5) is 0 Å². The summed E-state index contributed by atoms with van der Waals surface area (Å²) in [6, 6.07) is 1.40. The van der Waals surface area contributed by atoms with E-state index < -0.39 is 6.10 Å². The summed E-state index contributed by atoms with van der Waals surface area (Å²) in [6.07, 6.45) is -0.786. The number of thioether (sulfide) groups is 1.